The van der Waals surface area contributed by atoms with Crippen molar-refractivity contribution in [2.75, 3.05) is 10.8 Å². The zero-order valence-electron chi connectivity index (χ0n) is 24.7. The van der Waals surface area contributed by atoms with E-state index in [1.807, 2.05) is 30.3 Å². The van der Waals surface area contributed by atoms with E-state index in [4.69, 9.17) is 11.6 Å². The number of sulfonamides is 1. The molecular weight excluding hydrogens is 613 g/mol. The van der Waals surface area contributed by atoms with Crippen LogP contribution in [-0.4, -0.2) is 43.8 Å². The molecule has 0 saturated heterocycles. The van der Waals surface area contributed by atoms with Crippen LogP contribution in [0.1, 0.15) is 36.8 Å². The molecule has 0 heterocycles. The number of rotatable bonds is 12. The van der Waals surface area contributed by atoms with Crippen LogP contribution in [-0.2, 0) is 32.6 Å². The van der Waals surface area contributed by atoms with Gasteiger partial charge < -0.3 is 10.2 Å². The van der Waals surface area contributed by atoms with Gasteiger partial charge in [-0.2, -0.15) is 0 Å². The summed E-state index contributed by atoms with van der Waals surface area (Å²) in [6.45, 7) is -0.666. The molecule has 2 amide bonds. The molecule has 1 saturated carbocycles. The number of carbonyl (C=O) groups excluding carboxylic acids is 2. The molecule has 45 heavy (non-hydrogen) atoms. The number of nitrogens with one attached hydrogen (secondary N) is 1. The Morgan fingerprint density at radius 3 is 2.07 bits per heavy atom. The van der Waals surface area contributed by atoms with Crippen LogP contribution in [0.4, 0.5) is 10.1 Å². The van der Waals surface area contributed by atoms with Crippen molar-refractivity contribution in [3.63, 3.8) is 0 Å². The van der Waals surface area contributed by atoms with E-state index in [1.54, 1.807) is 48.5 Å². The van der Waals surface area contributed by atoms with Crippen LogP contribution < -0.4 is 9.62 Å². The summed E-state index contributed by atoms with van der Waals surface area (Å²) in [4.78, 5) is 29.9. The largest absolute Gasteiger partial charge is 0.352 e. The quantitative estimate of drug-likeness (QED) is 0.194. The first-order valence-electron chi connectivity index (χ1n) is 14.9. The number of hydrogen-bond acceptors (Lipinski definition) is 4. The van der Waals surface area contributed by atoms with E-state index in [-0.39, 0.29) is 40.5 Å². The molecule has 1 fully saturated rings. The van der Waals surface area contributed by atoms with E-state index in [9.17, 15) is 22.4 Å². The molecule has 1 aliphatic rings. The Kier molecular flexibility index (Phi) is 10.5. The van der Waals surface area contributed by atoms with Gasteiger partial charge in [0.25, 0.3) is 10.0 Å². The Labute approximate surface area is 268 Å². The highest BCUT2D eigenvalue weighted by molar-refractivity contribution is 7.92. The van der Waals surface area contributed by atoms with Crippen LogP contribution >= 0.6 is 11.6 Å². The number of anilines is 1. The molecule has 4 aromatic carbocycles. The third-order valence-corrected chi connectivity index (χ3v) is 10.1. The average molecular weight is 648 g/mol. The smallest absolute Gasteiger partial charge is 0.264 e. The lowest BCUT2D eigenvalue weighted by molar-refractivity contribution is -0.140. The number of amides is 2. The van der Waals surface area contributed by atoms with Crippen molar-refractivity contribution < 1.29 is 22.4 Å². The van der Waals surface area contributed by atoms with E-state index in [0.717, 1.165) is 35.6 Å². The summed E-state index contributed by atoms with van der Waals surface area (Å²) in [5, 5.41) is 3.28. The molecule has 7 nitrogen and oxygen atoms in total. The molecule has 0 aliphatic heterocycles. The number of para-hydroxylation sites is 1. The predicted octanol–water partition coefficient (Wildman–Crippen LogP) is 6.37. The second-order valence-electron chi connectivity index (χ2n) is 11.1. The highest BCUT2D eigenvalue weighted by atomic mass is 35.5. The van der Waals surface area contributed by atoms with Gasteiger partial charge in [-0.05, 0) is 60.4 Å². The minimum absolute atomic E-state index is 0.00312. The lowest BCUT2D eigenvalue weighted by atomic mass is 10.0. The number of benzene rings is 4. The molecule has 5 rings (SSSR count). The van der Waals surface area contributed by atoms with Crippen molar-refractivity contribution in [3.05, 3.63) is 131 Å². The highest BCUT2D eigenvalue weighted by Crippen LogP contribution is 2.31. The van der Waals surface area contributed by atoms with Crippen LogP contribution in [0.15, 0.2) is 114 Å². The minimum atomic E-state index is -4.26. The van der Waals surface area contributed by atoms with Crippen molar-refractivity contribution in [2.24, 2.45) is 0 Å². The number of halogens is 2. The monoisotopic (exact) mass is 647 g/mol. The molecule has 0 aromatic heterocycles. The van der Waals surface area contributed by atoms with Crippen LogP contribution in [0, 0.1) is 5.82 Å². The molecular formula is C35H35ClFN3O4S. The van der Waals surface area contributed by atoms with Gasteiger partial charge in [0, 0.05) is 19.0 Å². The van der Waals surface area contributed by atoms with Crippen LogP contribution in [0.2, 0.25) is 5.02 Å². The van der Waals surface area contributed by atoms with Gasteiger partial charge in [0.1, 0.15) is 18.4 Å². The maximum absolute atomic E-state index is 14.5. The van der Waals surface area contributed by atoms with E-state index >= 15 is 0 Å². The third-order valence-electron chi connectivity index (χ3n) is 7.97. The van der Waals surface area contributed by atoms with Gasteiger partial charge in [-0.25, -0.2) is 12.8 Å². The number of carbonyl (C=O) groups is 2. The number of hydrogen-bond donors (Lipinski definition) is 1. The fourth-order valence-corrected chi connectivity index (χ4v) is 7.34. The first kappa shape index (κ1) is 32.2. The van der Waals surface area contributed by atoms with Crippen molar-refractivity contribution in [2.45, 2.75) is 55.6 Å². The Morgan fingerprint density at radius 2 is 1.42 bits per heavy atom. The first-order valence-corrected chi connectivity index (χ1v) is 16.7. The molecule has 1 atom stereocenters. The third kappa shape index (κ3) is 8.09. The van der Waals surface area contributed by atoms with Gasteiger partial charge >= 0.3 is 0 Å². The van der Waals surface area contributed by atoms with Crippen LogP contribution in [0.25, 0.3) is 0 Å². The molecule has 0 spiro atoms. The summed E-state index contributed by atoms with van der Waals surface area (Å²) in [6.07, 6.45) is 3.92. The molecule has 4 aromatic rings. The van der Waals surface area contributed by atoms with E-state index < -0.39 is 34.3 Å². The summed E-state index contributed by atoms with van der Waals surface area (Å²) in [5.41, 5.74) is 1.56. The Bertz CT molecular complexity index is 1700. The summed E-state index contributed by atoms with van der Waals surface area (Å²) in [5.74, 6) is -1.37. The summed E-state index contributed by atoms with van der Waals surface area (Å²) in [6, 6.07) is 28.3. The lowest BCUT2D eigenvalue weighted by Crippen LogP contribution is -2.54. The molecule has 1 N–H and O–H groups in total. The van der Waals surface area contributed by atoms with Crippen LogP contribution in [0.3, 0.4) is 0 Å². The van der Waals surface area contributed by atoms with Crippen molar-refractivity contribution in [1.82, 2.24) is 10.2 Å². The summed E-state index contributed by atoms with van der Waals surface area (Å²) >= 11 is 6.50. The molecule has 1 aliphatic carbocycles. The van der Waals surface area contributed by atoms with Gasteiger partial charge in [-0.15, -0.1) is 0 Å². The SMILES string of the molecule is O=C(NC1CCCC1)[C@@H](Cc1ccccc1)N(Cc1ccc(F)cc1)C(=O)CN(c1ccccc1Cl)S(=O)(=O)c1ccccc1. The second kappa shape index (κ2) is 14.7. The average Bonchev–Trinajstić information content (AvgIpc) is 3.56. The van der Waals surface area contributed by atoms with Crippen LogP contribution in [0.5, 0.6) is 0 Å². The predicted molar refractivity (Wildman–Crippen MR) is 174 cm³/mol. The van der Waals surface area contributed by atoms with Gasteiger partial charge in [0.15, 0.2) is 0 Å². The van der Waals surface area contributed by atoms with Gasteiger partial charge in [-0.1, -0.05) is 97.2 Å². The van der Waals surface area contributed by atoms with E-state index in [0.29, 0.717) is 5.56 Å². The molecule has 234 valence electrons. The highest BCUT2D eigenvalue weighted by Gasteiger charge is 2.36. The topological polar surface area (TPSA) is 86.8 Å². The summed E-state index contributed by atoms with van der Waals surface area (Å²) < 4.78 is 42.9. The van der Waals surface area contributed by atoms with Gasteiger partial charge in [0.2, 0.25) is 11.8 Å². The first-order chi connectivity index (χ1) is 21.7. The van der Waals surface area contributed by atoms with Crippen molar-refractivity contribution in [1.29, 1.82) is 0 Å². The molecule has 0 bridgehead atoms. The normalized spacial score (nSPS) is 14.1. The fraction of sp³-hybridized carbons (Fsp3) is 0.257. The van der Waals surface area contributed by atoms with E-state index in [2.05, 4.69) is 5.32 Å². The molecule has 0 radical (unpaired) electrons. The Balaban J connectivity index is 1.56. The molecule has 10 heteroatoms. The van der Waals surface area contributed by atoms with E-state index in [1.165, 1.54) is 35.2 Å². The lowest BCUT2D eigenvalue weighted by Gasteiger charge is -2.34. The number of nitrogens with zero attached hydrogens (tertiary/aromatic N) is 2. The Morgan fingerprint density at radius 1 is 0.822 bits per heavy atom. The van der Waals surface area contributed by atoms with Crippen molar-refractivity contribution in [3.8, 4) is 0 Å². The maximum Gasteiger partial charge on any atom is 0.264 e. The van der Waals surface area contributed by atoms with Gasteiger partial charge in [0.05, 0.1) is 15.6 Å². The second-order valence-corrected chi connectivity index (χ2v) is 13.4. The Hall–Kier alpha value is -4.21. The zero-order valence-corrected chi connectivity index (χ0v) is 26.3. The molecule has 0 unspecified atom stereocenters. The summed E-state index contributed by atoms with van der Waals surface area (Å²) in [7, 11) is -4.26. The standard InChI is InChI=1S/C35H35ClFN3O4S/c36-31-17-9-10-18-32(31)40(45(43,44)30-15-5-2-6-16-30)25-34(41)39(24-27-19-21-28(37)22-20-27)33(23-26-11-3-1-4-12-26)35(42)38-29-13-7-8-14-29/h1-6,9-12,15-22,29,33H,7-8,13-14,23-25H2,(H,38,42)/t33-/m1/s1. The minimum Gasteiger partial charge on any atom is -0.352 e. The van der Waals surface area contributed by atoms with Gasteiger partial charge in [-0.3, -0.25) is 13.9 Å². The zero-order chi connectivity index (χ0) is 31.8. The maximum atomic E-state index is 14.5. The fourth-order valence-electron chi connectivity index (χ4n) is 5.60. The van der Waals surface area contributed by atoms with Crippen molar-refractivity contribution >= 4 is 39.1 Å².